The zero-order chi connectivity index (χ0) is 15.5. The van der Waals surface area contributed by atoms with Gasteiger partial charge < -0.3 is 5.32 Å². The van der Waals surface area contributed by atoms with E-state index in [1.54, 1.807) is 18.2 Å². The van der Waals surface area contributed by atoms with Gasteiger partial charge in [-0.25, -0.2) is 4.39 Å². The van der Waals surface area contributed by atoms with Gasteiger partial charge in [0.05, 0.1) is 0 Å². The fourth-order valence-corrected chi connectivity index (χ4v) is 2.75. The summed E-state index contributed by atoms with van der Waals surface area (Å²) in [6, 6.07) is 10.4. The van der Waals surface area contributed by atoms with E-state index in [0.29, 0.717) is 5.56 Å². The molecule has 0 spiro atoms. The smallest absolute Gasteiger partial charge is 0.244 e. The van der Waals surface area contributed by atoms with Gasteiger partial charge in [0.15, 0.2) is 0 Å². The maximum atomic E-state index is 13.7. The number of halogens is 1. The number of carbonyl (C=O) groups excluding carboxylic acids is 1. The fraction of sp³-hybridized carbons (Fsp3) is 0.235. The molecule has 1 heterocycles. The van der Waals surface area contributed by atoms with Gasteiger partial charge in [-0.15, -0.1) is 11.3 Å². The van der Waals surface area contributed by atoms with Crippen molar-refractivity contribution in [2.75, 3.05) is 0 Å². The Balaban J connectivity index is 2.11. The molecule has 0 atom stereocenters. The Bertz CT molecular complexity index is 667. The van der Waals surface area contributed by atoms with E-state index in [-0.39, 0.29) is 17.3 Å². The standard InChI is InChI=1S/C17H18FNOS/c1-17(2,3)19-16(20)11-9-12-8-10-15(21-12)13-6-4-5-7-14(13)18/h4-11H,1-3H3,(H,19,20)/b11-9+. The normalized spacial score (nSPS) is 11.8. The second-order valence-electron chi connectivity index (χ2n) is 5.75. The van der Waals surface area contributed by atoms with Gasteiger partial charge in [0.2, 0.25) is 5.91 Å². The lowest BCUT2D eigenvalue weighted by Crippen LogP contribution is -2.39. The highest BCUT2D eigenvalue weighted by Gasteiger charge is 2.11. The Morgan fingerprint density at radius 3 is 2.57 bits per heavy atom. The molecule has 1 aromatic heterocycles. The zero-order valence-corrected chi connectivity index (χ0v) is 13.1. The van der Waals surface area contributed by atoms with E-state index in [0.717, 1.165) is 9.75 Å². The lowest BCUT2D eigenvalue weighted by Gasteiger charge is -2.18. The van der Waals surface area contributed by atoms with E-state index in [9.17, 15) is 9.18 Å². The molecular weight excluding hydrogens is 285 g/mol. The minimum absolute atomic E-state index is 0.136. The van der Waals surface area contributed by atoms with Crippen LogP contribution in [0.4, 0.5) is 4.39 Å². The molecule has 0 unspecified atom stereocenters. The Hall–Kier alpha value is -1.94. The number of nitrogens with one attached hydrogen (secondary N) is 1. The molecule has 0 aliphatic carbocycles. The van der Waals surface area contributed by atoms with Crippen molar-refractivity contribution < 1.29 is 9.18 Å². The summed E-state index contributed by atoms with van der Waals surface area (Å²) >= 11 is 1.45. The number of rotatable bonds is 3. The van der Waals surface area contributed by atoms with Crippen LogP contribution in [-0.2, 0) is 4.79 Å². The third-order valence-corrected chi connectivity index (χ3v) is 3.75. The Kier molecular flexibility index (Phi) is 4.58. The highest BCUT2D eigenvalue weighted by molar-refractivity contribution is 7.16. The van der Waals surface area contributed by atoms with Crippen molar-refractivity contribution >= 4 is 23.3 Å². The lowest BCUT2D eigenvalue weighted by molar-refractivity contribution is -0.117. The van der Waals surface area contributed by atoms with E-state index in [2.05, 4.69) is 5.32 Å². The van der Waals surface area contributed by atoms with Crippen LogP contribution < -0.4 is 5.32 Å². The van der Waals surface area contributed by atoms with Gasteiger partial charge in [-0.1, -0.05) is 18.2 Å². The van der Waals surface area contributed by atoms with Crippen LogP contribution in [0.15, 0.2) is 42.5 Å². The average molecular weight is 303 g/mol. The Morgan fingerprint density at radius 1 is 1.19 bits per heavy atom. The van der Waals surface area contributed by atoms with Crippen molar-refractivity contribution in [3.8, 4) is 10.4 Å². The summed E-state index contributed by atoms with van der Waals surface area (Å²) in [6.07, 6.45) is 3.25. The molecule has 0 radical (unpaired) electrons. The van der Waals surface area contributed by atoms with Crippen LogP contribution in [0, 0.1) is 5.82 Å². The number of carbonyl (C=O) groups is 1. The maximum absolute atomic E-state index is 13.7. The number of hydrogen-bond acceptors (Lipinski definition) is 2. The molecule has 110 valence electrons. The Morgan fingerprint density at radius 2 is 1.90 bits per heavy atom. The summed E-state index contributed by atoms with van der Waals surface area (Å²) in [5.74, 6) is -0.372. The highest BCUT2D eigenvalue weighted by atomic mass is 32.1. The van der Waals surface area contributed by atoms with E-state index < -0.39 is 0 Å². The molecule has 0 aliphatic rings. The molecule has 1 aromatic carbocycles. The summed E-state index contributed by atoms with van der Waals surface area (Å²) in [6.45, 7) is 5.79. The van der Waals surface area contributed by atoms with Crippen molar-refractivity contribution in [3.63, 3.8) is 0 Å². The average Bonchev–Trinajstić information content (AvgIpc) is 2.83. The van der Waals surface area contributed by atoms with Gasteiger partial charge in [0.25, 0.3) is 0 Å². The van der Waals surface area contributed by atoms with E-state index in [1.165, 1.54) is 23.5 Å². The molecule has 1 amide bonds. The molecule has 4 heteroatoms. The molecule has 2 rings (SSSR count). The first-order valence-corrected chi connectivity index (χ1v) is 7.52. The number of hydrogen-bond donors (Lipinski definition) is 1. The van der Waals surface area contributed by atoms with Gasteiger partial charge in [0.1, 0.15) is 5.82 Å². The predicted octanol–water partition coefficient (Wildman–Crippen LogP) is 4.48. The topological polar surface area (TPSA) is 29.1 Å². The number of benzene rings is 1. The van der Waals surface area contributed by atoms with E-state index >= 15 is 0 Å². The predicted molar refractivity (Wildman–Crippen MR) is 86.6 cm³/mol. The third kappa shape index (κ3) is 4.53. The third-order valence-electron chi connectivity index (χ3n) is 2.66. The minimum Gasteiger partial charge on any atom is -0.348 e. The SMILES string of the molecule is CC(C)(C)NC(=O)/C=C/c1ccc(-c2ccccc2F)s1. The van der Waals surface area contributed by atoms with Crippen molar-refractivity contribution in [1.82, 2.24) is 5.32 Å². The fourth-order valence-electron chi connectivity index (χ4n) is 1.82. The number of thiophene rings is 1. The summed E-state index contributed by atoms with van der Waals surface area (Å²) in [7, 11) is 0. The first-order valence-electron chi connectivity index (χ1n) is 6.70. The van der Waals surface area contributed by atoms with Crippen molar-refractivity contribution in [2.45, 2.75) is 26.3 Å². The highest BCUT2D eigenvalue weighted by Crippen LogP contribution is 2.30. The molecule has 2 aromatic rings. The molecule has 2 nitrogen and oxygen atoms in total. The van der Waals surface area contributed by atoms with Gasteiger partial charge in [0, 0.05) is 26.9 Å². The van der Waals surface area contributed by atoms with Crippen LogP contribution in [0.1, 0.15) is 25.6 Å². The molecule has 0 saturated heterocycles. The first kappa shape index (κ1) is 15.4. The van der Waals surface area contributed by atoms with Crippen LogP contribution >= 0.6 is 11.3 Å². The van der Waals surface area contributed by atoms with E-state index in [1.807, 2.05) is 39.0 Å². The molecule has 0 bridgehead atoms. The molecule has 21 heavy (non-hydrogen) atoms. The molecule has 0 saturated carbocycles. The van der Waals surface area contributed by atoms with Crippen LogP contribution in [-0.4, -0.2) is 11.4 Å². The van der Waals surface area contributed by atoms with Gasteiger partial charge in [-0.2, -0.15) is 0 Å². The molecule has 0 aliphatic heterocycles. The van der Waals surface area contributed by atoms with Gasteiger partial charge in [-0.05, 0) is 45.0 Å². The second kappa shape index (κ2) is 6.22. The van der Waals surface area contributed by atoms with Crippen LogP contribution in [0.25, 0.3) is 16.5 Å². The van der Waals surface area contributed by atoms with Crippen LogP contribution in [0.2, 0.25) is 0 Å². The van der Waals surface area contributed by atoms with Crippen molar-refractivity contribution in [2.24, 2.45) is 0 Å². The lowest BCUT2D eigenvalue weighted by atomic mass is 10.1. The first-order chi connectivity index (χ1) is 9.85. The van der Waals surface area contributed by atoms with Crippen LogP contribution in [0.3, 0.4) is 0 Å². The molecule has 1 N–H and O–H groups in total. The Labute approximate surface area is 128 Å². The molecule has 0 fully saturated rings. The van der Waals surface area contributed by atoms with Crippen molar-refractivity contribution in [1.29, 1.82) is 0 Å². The summed E-state index contributed by atoms with van der Waals surface area (Å²) in [4.78, 5) is 13.5. The van der Waals surface area contributed by atoms with E-state index in [4.69, 9.17) is 0 Å². The largest absolute Gasteiger partial charge is 0.348 e. The molecular formula is C17H18FNOS. The maximum Gasteiger partial charge on any atom is 0.244 e. The van der Waals surface area contributed by atoms with Gasteiger partial charge in [-0.3, -0.25) is 4.79 Å². The minimum atomic E-state index is -0.255. The second-order valence-corrected chi connectivity index (χ2v) is 6.87. The summed E-state index contributed by atoms with van der Waals surface area (Å²) in [5.41, 5.74) is 0.330. The van der Waals surface area contributed by atoms with Crippen LogP contribution in [0.5, 0.6) is 0 Å². The summed E-state index contributed by atoms with van der Waals surface area (Å²) < 4.78 is 13.7. The quantitative estimate of drug-likeness (QED) is 0.832. The zero-order valence-electron chi connectivity index (χ0n) is 12.3. The monoisotopic (exact) mass is 303 g/mol. The van der Waals surface area contributed by atoms with Crippen molar-refractivity contribution in [3.05, 3.63) is 53.2 Å². The number of amides is 1. The summed E-state index contributed by atoms with van der Waals surface area (Å²) in [5, 5.41) is 2.86. The van der Waals surface area contributed by atoms with Gasteiger partial charge >= 0.3 is 0 Å².